The first-order valence-corrected chi connectivity index (χ1v) is 9.39. The molecule has 2 rings (SSSR count). The zero-order valence-corrected chi connectivity index (χ0v) is 14.2. The molecule has 0 spiro atoms. The minimum absolute atomic E-state index is 0.478. The fourth-order valence-electron chi connectivity index (χ4n) is 2.21. The third kappa shape index (κ3) is 3.12. The number of alkyl halides is 1. The maximum atomic E-state index is 13.8. The summed E-state index contributed by atoms with van der Waals surface area (Å²) in [6.07, 6.45) is 0.524. The lowest BCUT2D eigenvalue weighted by atomic mass is 10.3. The van der Waals surface area contributed by atoms with E-state index in [4.69, 9.17) is 0 Å². The quantitative estimate of drug-likeness (QED) is 0.286. The van der Waals surface area contributed by atoms with Gasteiger partial charge in [-0.1, -0.05) is 88.7 Å². The number of halogens is 1. The van der Waals surface area contributed by atoms with Crippen LogP contribution in [0.1, 0.15) is 13.3 Å². The number of rotatable bonds is 5. The molecule has 2 aromatic carbocycles. The highest BCUT2D eigenvalue weighted by Gasteiger charge is 2.37. The first-order valence-electron chi connectivity index (χ1n) is 6.70. The van der Waals surface area contributed by atoms with Crippen molar-refractivity contribution in [3.63, 3.8) is 0 Å². The molecule has 0 heterocycles. The summed E-state index contributed by atoms with van der Waals surface area (Å²) in [5, 5.41) is 14.0. The fourth-order valence-corrected chi connectivity index (χ4v) is 6.75. The van der Waals surface area contributed by atoms with Crippen molar-refractivity contribution in [1.29, 1.82) is 0 Å². The molecule has 0 radical (unpaired) electrons. The van der Waals surface area contributed by atoms with Crippen molar-refractivity contribution in [2.24, 2.45) is 5.16 Å². The monoisotopic (exact) mass is 365 g/mol. The second kappa shape index (κ2) is 7.06. The summed E-state index contributed by atoms with van der Waals surface area (Å²) >= 11 is 3.51. The van der Waals surface area contributed by atoms with Gasteiger partial charge in [-0.15, -0.1) is 0 Å². The van der Waals surface area contributed by atoms with Crippen molar-refractivity contribution in [1.82, 2.24) is 0 Å². The summed E-state index contributed by atoms with van der Waals surface area (Å²) in [7, 11) is -2.98. The van der Waals surface area contributed by atoms with E-state index in [0.29, 0.717) is 12.1 Å². The van der Waals surface area contributed by atoms with Crippen molar-refractivity contribution in [2.75, 3.05) is 0 Å². The number of benzene rings is 2. The molecule has 0 aromatic heterocycles. The molecule has 0 bridgehead atoms. The van der Waals surface area contributed by atoms with Gasteiger partial charge in [-0.3, -0.25) is 0 Å². The van der Waals surface area contributed by atoms with Crippen molar-refractivity contribution in [3.8, 4) is 0 Å². The Bertz CT molecular complexity index is 615. The van der Waals surface area contributed by atoms with Gasteiger partial charge >= 0.3 is 0 Å². The van der Waals surface area contributed by atoms with Crippen LogP contribution in [-0.4, -0.2) is 15.5 Å². The Hall–Kier alpha value is -1.38. The first-order chi connectivity index (χ1) is 10.1. The van der Waals surface area contributed by atoms with Crippen molar-refractivity contribution >= 4 is 39.4 Å². The van der Waals surface area contributed by atoms with Crippen LogP contribution in [0.25, 0.3) is 0 Å². The summed E-state index contributed by atoms with van der Waals surface area (Å²) in [6, 6.07) is 18.7. The molecule has 0 saturated carbocycles. The summed E-state index contributed by atoms with van der Waals surface area (Å²) in [5.41, 5.74) is 0.478. The summed E-state index contributed by atoms with van der Waals surface area (Å²) in [6.45, 7) is 1.88. The Morgan fingerprint density at radius 2 is 1.52 bits per heavy atom. The molecule has 1 unspecified atom stereocenters. The van der Waals surface area contributed by atoms with Gasteiger partial charge in [-0.25, -0.2) is 0 Å². The highest BCUT2D eigenvalue weighted by atomic mass is 79.9. The highest BCUT2D eigenvalue weighted by Crippen LogP contribution is 2.52. The fraction of sp³-hybridized carbons (Fsp3) is 0.188. The Morgan fingerprint density at radius 1 is 1.10 bits per heavy atom. The van der Waals surface area contributed by atoms with Crippen LogP contribution in [0.15, 0.2) is 65.8 Å². The lowest BCUT2D eigenvalue weighted by Crippen LogP contribution is -2.27. The molecule has 0 aliphatic rings. The van der Waals surface area contributed by atoms with Crippen LogP contribution in [-0.2, 0) is 4.57 Å². The van der Waals surface area contributed by atoms with Gasteiger partial charge in [0.25, 0.3) is 0 Å². The van der Waals surface area contributed by atoms with E-state index < -0.39 is 11.7 Å². The molecule has 0 aliphatic heterocycles. The minimum atomic E-state index is -2.98. The lowest BCUT2D eigenvalue weighted by molar-refractivity contribution is 0.317. The molecule has 0 fully saturated rings. The predicted molar refractivity (Wildman–Crippen MR) is 92.0 cm³/mol. The van der Waals surface area contributed by atoms with Gasteiger partial charge in [0.05, 0.1) is 5.71 Å². The Morgan fingerprint density at radius 3 is 1.86 bits per heavy atom. The molecular formula is C16H17BrNO2P. The molecule has 0 amide bonds. The van der Waals surface area contributed by atoms with E-state index in [0.717, 1.165) is 10.6 Å². The maximum Gasteiger partial charge on any atom is 0.161 e. The molecule has 2 aromatic rings. The summed E-state index contributed by atoms with van der Waals surface area (Å²) in [5.74, 6) is 0. The van der Waals surface area contributed by atoms with Gasteiger partial charge < -0.3 is 9.77 Å². The Kier molecular flexibility index (Phi) is 5.38. The number of hydrogen-bond donors (Lipinski definition) is 1. The molecule has 21 heavy (non-hydrogen) atoms. The maximum absolute atomic E-state index is 13.8. The lowest BCUT2D eigenvalue weighted by Gasteiger charge is -2.24. The van der Waals surface area contributed by atoms with Gasteiger partial charge in [-0.05, 0) is 6.42 Å². The van der Waals surface area contributed by atoms with Crippen LogP contribution in [0, 0.1) is 0 Å². The minimum Gasteiger partial charge on any atom is -0.411 e. The van der Waals surface area contributed by atoms with Gasteiger partial charge in [0.1, 0.15) is 4.57 Å². The van der Waals surface area contributed by atoms with E-state index in [9.17, 15) is 9.77 Å². The van der Waals surface area contributed by atoms with Gasteiger partial charge in [0.2, 0.25) is 0 Å². The van der Waals surface area contributed by atoms with Crippen molar-refractivity contribution < 1.29 is 9.77 Å². The van der Waals surface area contributed by atoms with Crippen LogP contribution in [0.4, 0.5) is 0 Å². The largest absolute Gasteiger partial charge is 0.411 e. The molecule has 0 aliphatic carbocycles. The smallest absolute Gasteiger partial charge is 0.161 e. The van der Waals surface area contributed by atoms with E-state index in [1.807, 2.05) is 67.6 Å². The van der Waals surface area contributed by atoms with Gasteiger partial charge in [-0.2, -0.15) is 0 Å². The number of oxime groups is 1. The normalized spacial score (nSPS) is 13.9. The average Bonchev–Trinajstić information content (AvgIpc) is 2.56. The van der Waals surface area contributed by atoms with Crippen LogP contribution in [0.5, 0.6) is 0 Å². The molecule has 1 N–H and O–H groups in total. The second-order valence-corrected chi connectivity index (χ2v) is 9.10. The SMILES string of the molecule is CC/C(=N\O)C(Br)P(=O)(c1ccccc1)c1ccccc1. The standard InChI is InChI=1S/C16H17BrNO2P/c1-2-15(18-19)16(17)21(20,13-9-5-3-6-10-13)14-11-7-4-8-12-14/h3-12,16,19H,2H2,1H3/b18-15+. The van der Waals surface area contributed by atoms with Crippen molar-refractivity contribution in [3.05, 3.63) is 60.7 Å². The van der Waals surface area contributed by atoms with E-state index >= 15 is 0 Å². The number of hydrogen-bond acceptors (Lipinski definition) is 3. The van der Waals surface area contributed by atoms with Gasteiger partial charge in [0, 0.05) is 10.6 Å². The Labute approximate surface area is 133 Å². The topological polar surface area (TPSA) is 49.7 Å². The van der Waals surface area contributed by atoms with E-state index in [-0.39, 0.29) is 0 Å². The van der Waals surface area contributed by atoms with Gasteiger partial charge in [0.15, 0.2) is 7.14 Å². The molecule has 1 atom stereocenters. The molecular weight excluding hydrogens is 349 g/mol. The number of nitrogens with zero attached hydrogens (tertiary/aromatic N) is 1. The Balaban J connectivity index is 2.64. The van der Waals surface area contributed by atoms with E-state index in [1.165, 1.54) is 0 Å². The summed E-state index contributed by atoms with van der Waals surface area (Å²) < 4.78 is 13.3. The third-order valence-corrected chi connectivity index (χ3v) is 8.69. The average molecular weight is 366 g/mol. The first kappa shape index (κ1) is 16.0. The molecule has 110 valence electrons. The van der Waals surface area contributed by atoms with E-state index in [2.05, 4.69) is 21.1 Å². The summed E-state index contributed by atoms with van der Waals surface area (Å²) in [4.78, 5) is 0. The van der Waals surface area contributed by atoms with Crippen LogP contribution < -0.4 is 10.6 Å². The molecule has 3 nitrogen and oxygen atoms in total. The molecule has 0 saturated heterocycles. The predicted octanol–water partition coefficient (Wildman–Crippen LogP) is 3.96. The third-order valence-electron chi connectivity index (χ3n) is 3.36. The highest BCUT2D eigenvalue weighted by molar-refractivity contribution is 9.11. The second-order valence-electron chi connectivity index (χ2n) is 4.61. The van der Waals surface area contributed by atoms with E-state index in [1.54, 1.807) is 0 Å². The zero-order chi connectivity index (χ0) is 15.3. The van der Waals surface area contributed by atoms with Crippen LogP contribution >= 0.6 is 23.1 Å². The zero-order valence-electron chi connectivity index (χ0n) is 11.7. The van der Waals surface area contributed by atoms with Crippen LogP contribution in [0.2, 0.25) is 0 Å². The van der Waals surface area contributed by atoms with Crippen molar-refractivity contribution in [2.45, 2.75) is 17.9 Å². The molecule has 5 heteroatoms. The van der Waals surface area contributed by atoms with Crippen LogP contribution in [0.3, 0.4) is 0 Å².